The molecule has 1 aromatic carbocycles. The highest BCUT2D eigenvalue weighted by Gasteiger charge is 2.39. The van der Waals surface area contributed by atoms with E-state index in [1.165, 1.54) is 7.11 Å². The predicted octanol–water partition coefficient (Wildman–Crippen LogP) is 2.82. The van der Waals surface area contributed by atoms with Gasteiger partial charge in [-0.15, -0.1) is 0 Å². The van der Waals surface area contributed by atoms with E-state index in [-0.39, 0.29) is 11.9 Å². The van der Waals surface area contributed by atoms with Crippen LogP contribution >= 0.6 is 0 Å². The van der Waals surface area contributed by atoms with Crippen LogP contribution in [0.5, 0.6) is 0 Å². The molecular weight excluding hydrogens is 240 g/mol. The second-order valence-electron chi connectivity index (χ2n) is 5.59. The molecule has 106 valence electrons. The van der Waals surface area contributed by atoms with Gasteiger partial charge >= 0.3 is 5.97 Å². The first kappa shape index (κ1) is 15.7. The molecule has 19 heavy (non-hydrogen) atoms. The number of ether oxygens (including phenoxy) is 1. The fraction of sp³-hybridized carbons (Fsp3) is 0.562. The number of carbonyl (C=O) groups is 1. The third-order valence-corrected chi connectivity index (χ3v) is 3.55. The minimum atomic E-state index is -1.06. The second-order valence-corrected chi connectivity index (χ2v) is 5.59. The molecular formula is C16H24O3. The molecule has 0 bridgehead atoms. The van der Waals surface area contributed by atoms with Gasteiger partial charge in [0.25, 0.3) is 0 Å². The third-order valence-electron chi connectivity index (χ3n) is 3.55. The molecule has 2 unspecified atom stereocenters. The summed E-state index contributed by atoms with van der Waals surface area (Å²) in [5.74, 6) is -0.799. The standard InChI is InChI=1S/C16H24O3/c1-12(2)14(15(17)19-4)16(3,18)11-10-13-8-6-5-7-9-13/h5-9,12,14,18H,10-11H2,1-4H3. The highest BCUT2D eigenvalue weighted by molar-refractivity contribution is 5.74. The molecule has 0 heterocycles. The number of hydrogen-bond donors (Lipinski definition) is 1. The molecule has 1 rings (SSSR count). The Kier molecular flexibility index (Phi) is 5.55. The molecule has 1 N–H and O–H groups in total. The van der Waals surface area contributed by atoms with Crippen LogP contribution in [0.3, 0.4) is 0 Å². The molecule has 0 aliphatic heterocycles. The second kappa shape index (κ2) is 6.71. The zero-order valence-corrected chi connectivity index (χ0v) is 12.2. The van der Waals surface area contributed by atoms with Crippen molar-refractivity contribution in [3.05, 3.63) is 35.9 Å². The van der Waals surface area contributed by atoms with Gasteiger partial charge < -0.3 is 9.84 Å². The normalized spacial score (nSPS) is 15.9. The summed E-state index contributed by atoms with van der Waals surface area (Å²) < 4.78 is 4.81. The molecule has 2 atom stereocenters. The highest BCUT2D eigenvalue weighted by Crippen LogP contribution is 2.30. The molecule has 0 amide bonds. The van der Waals surface area contributed by atoms with E-state index in [1.54, 1.807) is 6.92 Å². The van der Waals surface area contributed by atoms with Gasteiger partial charge in [0.2, 0.25) is 0 Å². The van der Waals surface area contributed by atoms with Gasteiger partial charge in [0.15, 0.2) is 0 Å². The van der Waals surface area contributed by atoms with Gasteiger partial charge in [0.1, 0.15) is 0 Å². The number of aryl methyl sites for hydroxylation is 1. The van der Waals surface area contributed by atoms with E-state index in [0.29, 0.717) is 6.42 Å². The van der Waals surface area contributed by atoms with Crippen LogP contribution in [-0.2, 0) is 16.0 Å². The number of hydrogen-bond acceptors (Lipinski definition) is 3. The van der Waals surface area contributed by atoms with Crippen LogP contribution in [0, 0.1) is 11.8 Å². The monoisotopic (exact) mass is 264 g/mol. The third kappa shape index (κ3) is 4.35. The van der Waals surface area contributed by atoms with Crippen LogP contribution < -0.4 is 0 Å². The van der Waals surface area contributed by atoms with Crippen molar-refractivity contribution in [1.82, 2.24) is 0 Å². The molecule has 3 nitrogen and oxygen atoms in total. The van der Waals surface area contributed by atoms with E-state index in [1.807, 2.05) is 44.2 Å². The fourth-order valence-electron chi connectivity index (χ4n) is 2.57. The maximum Gasteiger partial charge on any atom is 0.311 e. The number of rotatable bonds is 6. The van der Waals surface area contributed by atoms with Crippen LogP contribution in [0.2, 0.25) is 0 Å². The van der Waals surface area contributed by atoms with Crippen molar-refractivity contribution in [3.63, 3.8) is 0 Å². The zero-order chi connectivity index (χ0) is 14.5. The van der Waals surface area contributed by atoms with Crippen LogP contribution in [0.25, 0.3) is 0 Å². The first-order valence-electron chi connectivity index (χ1n) is 6.72. The van der Waals surface area contributed by atoms with Gasteiger partial charge in [0.05, 0.1) is 18.6 Å². The summed E-state index contributed by atoms with van der Waals surface area (Å²) >= 11 is 0. The number of esters is 1. The number of aliphatic hydroxyl groups is 1. The average Bonchev–Trinajstić information content (AvgIpc) is 2.37. The Balaban J connectivity index is 2.75. The lowest BCUT2D eigenvalue weighted by atomic mass is 9.77. The summed E-state index contributed by atoms with van der Waals surface area (Å²) in [6, 6.07) is 9.97. The molecule has 0 aliphatic carbocycles. The quantitative estimate of drug-likeness (QED) is 0.804. The number of methoxy groups -OCH3 is 1. The first-order valence-corrected chi connectivity index (χ1v) is 6.72. The average molecular weight is 264 g/mol. The van der Waals surface area contributed by atoms with E-state index >= 15 is 0 Å². The fourth-order valence-corrected chi connectivity index (χ4v) is 2.57. The molecule has 0 saturated heterocycles. The minimum Gasteiger partial charge on any atom is -0.469 e. The summed E-state index contributed by atoms with van der Waals surface area (Å²) in [7, 11) is 1.37. The summed E-state index contributed by atoms with van der Waals surface area (Å²) in [5.41, 5.74) is 0.104. The van der Waals surface area contributed by atoms with Gasteiger partial charge in [0, 0.05) is 0 Å². The van der Waals surface area contributed by atoms with Crippen molar-refractivity contribution in [2.45, 2.75) is 39.2 Å². The number of benzene rings is 1. The Bertz CT molecular complexity index is 396. The van der Waals surface area contributed by atoms with Crippen molar-refractivity contribution in [2.75, 3.05) is 7.11 Å². The Morgan fingerprint density at radius 1 is 1.32 bits per heavy atom. The maximum atomic E-state index is 11.8. The SMILES string of the molecule is COC(=O)C(C(C)C)C(C)(O)CCc1ccccc1. The molecule has 0 spiro atoms. The Morgan fingerprint density at radius 3 is 2.37 bits per heavy atom. The van der Waals surface area contributed by atoms with E-state index < -0.39 is 11.5 Å². The first-order chi connectivity index (χ1) is 8.88. The largest absolute Gasteiger partial charge is 0.469 e. The van der Waals surface area contributed by atoms with Crippen molar-refractivity contribution in [1.29, 1.82) is 0 Å². The topological polar surface area (TPSA) is 46.5 Å². The van der Waals surface area contributed by atoms with Gasteiger partial charge in [-0.05, 0) is 31.2 Å². The van der Waals surface area contributed by atoms with Crippen molar-refractivity contribution in [3.8, 4) is 0 Å². The Hall–Kier alpha value is -1.35. The summed E-state index contributed by atoms with van der Waals surface area (Å²) in [5, 5.41) is 10.6. The molecule has 0 saturated carbocycles. The van der Waals surface area contributed by atoms with Gasteiger partial charge in [-0.1, -0.05) is 44.2 Å². The lowest BCUT2D eigenvalue weighted by Crippen LogP contribution is -2.43. The summed E-state index contributed by atoms with van der Waals surface area (Å²) in [4.78, 5) is 11.8. The van der Waals surface area contributed by atoms with E-state index in [0.717, 1.165) is 12.0 Å². The molecule has 0 aliphatic rings. The van der Waals surface area contributed by atoms with Crippen molar-refractivity contribution in [2.24, 2.45) is 11.8 Å². The number of carbonyl (C=O) groups excluding carboxylic acids is 1. The smallest absolute Gasteiger partial charge is 0.311 e. The maximum absolute atomic E-state index is 11.8. The van der Waals surface area contributed by atoms with Crippen molar-refractivity contribution < 1.29 is 14.6 Å². The van der Waals surface area contributed by atoms with E-state index in [4.69, 9.17) is 4.74 Å². The summed E-state index contributed by atoms with van der Waals surface area (Å²) in [6.07, 6.45) is 1.28. The van der Waals surface area contributed by atoms with Crippen LogP contribution in [0.1, 0.15) is 32.8 Å². The molecule has 0 radical (unpaired) electrons. The van der Waals surface area contributed by atoms with E-state index in [9.17, 15) is 9.90 Å². The van der Waals surface area contributed by atoms with Crippen LogP contribution in [0.15, 0.2) is 30.3 Å². The van der Waals surface area contributed by atoms with Gasteiger partial charge in [-0.3, -0.25) is 4.79 Å². The predicted molar refractivity (Wildman–Crippen MR) is 75.7 cm³/mol. The van der Waals surface area contributed by atoms with Gasteiger partial charge in [-0.25, -0.2) is 0 Å². The Labute approximate surface area is 115 Å². The minimum absolute atomic E-state index is 0.0400. The van der Waals surface area contributed by atoms with Gasteiger partial charge in [-0.2, -0.15) is 0 Å². The molecule has 3 heteroatoms. The van der Waals surface area contributed by atoms with Crippen LogP contribution in [-0.4, -0.2) is 23.8 Å². The molecule has 0 fully saturated rings. The lowest BCUT2D eigenvalue weighted by Gasteiger charge is -2.33. The van der Waals surface area contributed by atoms with E-state index in [2.05, 4.69) is 0 Å². The van der Waals surface area contributed by atoms with Crippen LogP contribution in [0.4, 0.5) is 0 Å². The zero-order valence-electron chi connectivity index (χ0n) is 12.2. The molecule has 1 aromatic rings. The lowest BCUT2D eigenvalue weighted by molar-refractivity contribution is -0.158. The summed E-state index contributed by atoms with van der Waals surface area (Å²) in [6.45, 7) is 5.58. The highest BCUT2D eigenvalue weighted by atomic mass is 16.5. The van der Waals surface area contributed by atoms with Crippen molar-refractivity contribution >= 4 is 5.97 Å². The molecule has 0 aromatic heterocycles. The Morgan fingerprint density at radius 2 is 1.89 bits per heavy atom.